The second-order valence-electron chi connectivity index (χ2n) is 8.06. The van der Waals surface area contributed by atoms with E-state index in [0.717, 1.165) is 44.6 Å². The molecule has 160 valence electrons. The van der Waals surface area contributed by atoms with Gasteiger partial charge >= 0.3 is 0 Å². The molecule has 30 heavy (non-hydrogen) atoms. The Hall–Kier alpha value is -2.11. The minimum Gasteiger partial charge on any atom is -0.496 e. The van der Waals surface area contributed by atoms with Crippen LogP contribution in [0.2, 0.25) is 5.02 Å². The van der Waals surface area contributed by atoms with Crippen LogP contribution < -0.4 is 10.1 Å². The molecule has 1 unspecified atom stereocenters. The summed E-state index contributed by atoms with van der Waals surface area (Å²) in [4.78, 5) is 5.91. The number of aryl methyl sites for hydroxylation is 3. The highest BCUT2D eigenvalue weighted by atomic mass is 35.5. The number of rotatable bonds is 7. The number of benzene rings is 2. The van der Waals surface area contributed by atoms with Crippen LogP contribution in [0.3, 0.4) is 0 Å². The maximum Gasteiger partial charge on any atom is 0.183 e. The Kier molecular flexibility index (Phi) is 7.04. The first kappa shape index (κ1) is 22.6. The number of halogens is 2. The average molecular weight is 447 g/mol. The summed E-state index contributed by atoms with van der Waals surface area (Å²) < 4.78 is 19.5. The third-order valence-electron chi connectivity index (χ3n) is 5.14. The number of ether oxygens (including phenoxy) is 1. The van der Waals surface area contributed by atoms with Crippen molar-refractivity contribution in [3.8, 4) is 17.0 Å². The van der Waals surface area contributed by atoms with E-state index in [1.54, 1.807) is 31.4 Å². The van der Waals surface area contributed by atoms with Crippen molar-refractivity contribution in [3.05, 3.63) is 62.7 Å². The van der Waals surface area contributed by atoms with Gasteiger partial charge < -0.3 is 10.1 Å². The van der Waals surface area contributed by atoms with Gasteiger partial charge in [-0.1, -0.05) is 37.6 Å². The number of nitrogens with zero attached hydrogens (tertiary/aromatic N) is 1. The van der Waals surface area contributed by atoms with Gasteiger partial charge in [0.05, 0.1) is 23.9 Å². The molecule has 2 aromatic carbocycles. The Morgan fingerprint density at radius 3 is 2.50 bits per heavy atom. The first-order chi connectivity index (χ1) is 14.2. The molecule has 0 spiro atoms. The van der Waals surface area contributed by atoms with Crippen LogP contribution in [0.4, 0.5) is 9.52 Å². The molecule has 0 radical (unpaired) electrons. The monoisotopic (exact) mass is 446 g/mol. The Labute approximate surface area is 187 Å². The topological polar surface area (TPSA) is 34.1 Å². The number of aromatic nitrogens is 1. The average Bonchev–Trinajstić information content (AvgIpc) is 3.04. The van der Waals surface area contributed by atoms with Gasteiger partial charge in [-0.05, 0) is 68.0 Å². The summed E-state index contributed by atoms with van der Waals surface area (Å²) in [6.45, 7) is 10.1. The highest BCUT2D eigenvalue weighted by Gasteiger charge is 2.19. The number of thiazole rings is 1. The molecular weight excluding hydrogens is 419 g/mol. The second-order valence-corrected chi connectivity index (χ2v) is 9.67. The van der Waals surface area contributed by atoms with E-state index in [4.69, 9.17) is 21.3 Å². The maximum atomic E-state index is 14.2. The molecule has 0 fully saturated rings. The molecule has 1 aromatic heterocycles. The third-order valence-corrected chi connectivity index (χ3v) is 6.35. The standard InChI is InChI=1S/C24H28ClFN2OS/c1-13(2)9-21(17-8-7-14(3)20(26)11-17)27-24-28-23(16(5)30-24)18-10-15(4)22(29-6)12-19(18)25/h7-8,10-13,21H,9H2,1-6H3,(H,27,28). The predicted octanol–water partition coefficient (Wildman–Crippen LogP) is 7.74. The Morgan fingerprint density at radius 1 is 1.13 bits per heavy atom. The van der Waals surface area contributed by atoms with Crippen LogP contribution in [0.1, 0.15) is 47.9 Å². The van der Waals surface area contributed by atoms with Crippen molar-refractivity contribution >= 4 is 28.1 Å². The van der Waals surface area contributed by atoms with Gasteiger partial charge in [0, 0.05) is 10.4 Å². The van der Waals surface area contributed by atoms with E-state index < -0.39 is 0 Å². The van der Waals surface area contributed by atoms with Gasteiger partial charge in [0.25, 0.3) is 0 Å². The van der Waals surface area contributed by atoms with Gasteiger partial charge in [-0.3, -0.25) is 0 Å². The normalized spacial score (nSPS) is 12.3. The molecular formula is C24H28ClFN2OS. The zero-order valence-electron chi connectivity index (χ0n) is 18.3. The summed E-state index contributed by atoms with van der Waals surface area (Å²) in [6, 6.07) is 9.26. The SMILES string of the molecule is COc1cc(Cl)c(-c2nc(NC(CC(C)C)c3ccc(C)c(F)c3)sc2C)cc1C. The smallest absolute Gasteiger partial charge is 0.183 e. The molecule has 0 aliphatic carbocycles. The van der Waals surface area contributed by atoms with Crippen LogP contribution in [0, 0.1) is 32.5 Å². The van der Waals surface area contributed by atoms with Crippen molar-refractivity contribution in [1.29, 1.82) is 0 Å². The summed E-state index contributed by atoms with van der Waals surface area (Å²) in [7, 11) is 1.64. The quantitative estimate of drug-likeness (QED) is 0.403. The minimum atomic E-state index is -0.181. The van der Waals surface area contributed by atoms with Gasteiger partial charge in [-0.25, -0.2) is 9.37 Å². The summed E-state index contributed by atoms with van der Waals surface area (Å²) >= 11 is 8.11. The lowest BCUT2D eigenvalue weighted by atomic mass is 9.96. The number of nitrogens with one attached hydrogen (secondary N) is 1. The van der Waals surface area contributed by atoms with E-state index in [1.165, 1.54) is 0 Å². The zero-order chi connectivity index (χ0) is 22.0. The molecule has 3 aromatic rings. The van der Waals surface area contributed by atoms with Crippen LogP contribution in [0.25, 0.3) is 11.3 Å². The lowest BCUT2D eigenvalue weighted by Crippen LogP contribution is -2.13. The molecule has 0 saturated heterocycles. The lowest BCUT2D eigenvalue weighted by Gasteiger charge is -2.21. The molecule has 0 aliphatic rings. The van der Waals surface area contributed by atoms with Gasteiger partial charge in [-0.2, -0.15) is 0 Å². The van der Waals surface area contributed by atoms with Crippen molar-refractivity contribution in [2.45, 2.75) is 47.1 Å². The van der Waals surface area contributed by atoms with E-state index in [2.05, 4.69) is 19.2 Å². The number of hydrogen-bond acceptors (Lipinski definition) is 4. The molecule has 0 amide bonds. The van der Waals surface area contributed by atoms with Crippen molar-refractivity contribution < 1.29 is 9.13 Å². The highest BCUT2D eigenvalue weighted by Crippen LogP contribution is 2.39. The molecule has 1 N–H and O–H groups in total. The Morgan fingerprint density at radius 2 is 1.87 bits per heavy atom. The molecule has 3 rings (SSSR count). The molecule has 1 atom stereocenters. The predicted molar refractivity (Wildman–Crippen MR) is 126 cm³/mol. The molecule has 1 heterocycles. The molecule has 3 nitrogen and oxygen atoms in total. The van der Waals surface area contributed by atoms with Crippen LogP contribution in [0.5, 0.6) is 5.75 Å². The van der Waals surface area contributed by atoms with Crippen molar-refractivity contribution in [1.82, 2.24) is 4.98 Å². The number of methoxy groups -OCH3 is 1. The Bertz CT molecular complexity index is 1050. The third kappa shape index (κ3) is 4.96. The van der Waals surface area contributed by atoms with E-state index in [0.29, 0.717) is 16.5 Å². The van der Waals surface area contributed by atoms with Gasteiger partial charge in [0.15, 0.2) is 5.13 Å². The van der Waals surface area contributed by atoms with Gasteiger partial charge in [0.2, 0.25) is 0 Å². The second kappa shape index (κ2) is 9.36. The maximum absolute atomic E-state index is 14.2. The summed E-state index contributed by atoms with van der Waals surface area (Å²) in [6.07, 6.45) is 0.874. The molecule has 0 bridgehead atoms. The van der Waals surface area contributed by atoms with Gasteiger partial charge in [0.1, 0.15) is 11.6 Å². The van der Waals surface area contributed by atoms with E-state index in [-0.39, 0.29) is 11.9 Å². The fraction of sp³-hybridized carbons (Fsp3) is 0.375. The minimum absolute atomic E-state index is 0.0217. The van der Waals surface area contributed by atoms with Crippen LogP contribution in [0.15, 0.2) is 30.3 Å². The fourth-order valence-electron chi connectivity index (χ4n) is 3.50. The van der Waals surface area contributed by atoms with Gasteiger partial charge in [-0.15, -0.1) is 11.3 Å². The number of hydrogen-bond donors (Lipinski definition) is 1. The van der Waals surface area contributed by atoms with E-state index in [9.17, 15) is 4.39 Å². The molecule has 0 saturated carbocycles. The van der Waals surface area contributed by atoms with E-state index >= 15 is 0 Å². The van der Waals surface area contributed by atoms with Crippen molar-refractivity contribution in [2.24, 2.45) is 5.92 Å². The summed E-state index contributed by atoms with van der Waals surface area (Å²) in [5.41, 5.74) is 4.33. The molecule has 6 heteroatoms. The largest absolute Gasteiger partial charge is 0.496 e. The molecule has 0 aliphatic heterocycles. The highest BCUT2D eigenvalue weighted by molar-refractivity contribution is 7.16. The van der Waals surface area contributed by atoms with Crippen molar-refractivity contribution in [2.75, 3.05) is 12.4 Å². The fourth-order valence-corrected chi connectivity index (χ4v) is 4.62. The zero-order valence-corrected chi connectivity index (χ0v) is 19.8. The Balaban J connectivity index is 1.94. The summed E-state index contributed by atoms with van der Waals surface area (Å²) in [5, 5.41) is 4.95. The van der Waals surface area contributed by atoms with Crippen LogP contribution >= 0.6 is 22.9 Å². The number of anilines is 1. The first-order valence-corrected chi connectivity index (χ1v) is 11.2. The summed E-state index contributed by atoms with van der Waals surface area (Å²) in [5.74, 6) is 1.03. The van der Waals surface area contributed by atoms with E-state index in [1.807, 2.05) is 38.1 Å². The van der Waals surface area contributed by atoms with Crippen LogP contribution in [-0.2, 0) is 0 Å². The van der Waals surface area contributed by atoms with Crippen LogP contribution in [-0.4, -0.2) is 12.1 Å². The lowest BCUT2D eigenvalue weighted by molar-refractivity contribution is 0.412. The first-order valence-electron chi connectivity index (χ1n) is 10.0. The van der Waals surface area contributed by atoms with Crippen molar-refractivity contribution in [3.63, 3.8) is 0 Å².